The van der Waals surface area contributed by atoms with Crippen molar-refractivity contribution in [1.29, 1.82) is 0 Å². The molecule has 2 aromatic carbocycles. The summed E-state index contributed by atoms with van der Waals surface area (Å²) in [5, 5.41) is 5.63. The molecule has 0 saturated carbocycles. The Kier molecular flexibility index (Phi) is 3.87. The van der Waals surface area contributed by atoms with Crippen molar-refractivity contribution in [3.05, 3.63) is 75.2 Å². The minimum Gasteiger partial charge on any atom is -0.325 e. The van der Waals surface area contributed by atoms with Gasteiger partial charge in [-0.15, -0.1) is 11.3 Å². The molecule has 1 amide bonds. The largest absolute Gasteiger partial charge is 0.325 e. The van der Waals surface area contributed by atoms with Crippen molar-refractivity contribution in [2.75, 3.05) is 5.32 Å². The molecule has 0 fully saturated rings. The van der Waals surface area contributed by atoms with Gasteiger partial charge < -0.3 is 5.32 Å². The molecule has 0 spiro atoms. The molecule has 3 aromatic rings. The molecule has 0 saturated heterocycles. The molecule has 0 aliphatic carbocycles. The highest BCUT2D eigenvalue weighted by Crippen LogP contribution is 2.47. The molecule has 24 heavy (non-hydrogen) atoms. The van der Waals surface area contributed by atoms with Crippen molar-refractivity contribution in [1.82, 2.24) is 0 Å². The third-order valence-corrected chi connectivity index (χ3v) is 5.57. The van der Waals surface area contributed by atoms with Gasteiger partial charge in [-0.3, -0.25) is 4.79 Å². The van der Waals surface area contributed by atoms with Crippen LogP contribution in [0.25, 0.3) is 11.1 Å². The maximum atomic E-state index is 14.2. The van der Waals surface area contributed by atoms with Gasteiger partial charge in [0.25, 0.3) is 0 Å². The van der Waals surface area contributed by atoms with Crippen LogP contribution in [0.3, 0.4) is 0 Å². The van der Waals surface area contributed by atoms with E-state index in [2.05, 4.69) is 5.32 Å². The molecule has 2 heterocycles. The smallest absolute Gasteiger partial charge is 0.225 e. The second kappa shape index (κ2) is 6.04. The predicted octanol–water partition coefficient (Wildman–Crippen LogP) is 5.68. The van der Waals surface area contributed by atoms with E-state index >= 15 is 0 Å². The Morgan fingerprint density at radius 1 is 1.12 bits per heavy atom. The van der Waals surface area contributed by atoms with Crippen molar-refractivity contribution < 1.29 is 9.18 Å². The van der Waals surface area contributed by atoms with Crippen molar-refractivity contribution >= 4 is 34.5 Å². The zero-order chi connectivity index (χ0) is 16.7. The van der Waals surface area contributed by atoms with E-state index in [1.807, 2.05) is 29.6 Å². The first kappa shape index (κ1) is 15.4. The summed E-state index contributed by atoms with van der Waals surface area (Å²) in [6, 6.07) is 14.1. The van der Waals surface area contributed by atoms with Crippen LogP contribution >= 0.6 is 22.9 Å². The minimum absolute atomic E-state index is 0.0932. The molecule has 0 radical (unpaired) electrons. The molecular weight excluding hydrogens is 345 g/mol. The maximum absolute atomic E-state index is 14.2. The van der Waals surface area contributed by atoms with E-state index in [0.717, 1.165) is 21.7 Å². The molecule has 1 aromatic heterocycles. The highest BCUT2D eigenvalue weighted by molar-refractivity contribution is 7.11. The lowest BCUT2D eigenvalue weighted by atomic mass is 9.89. The van der Waals surface area contributed by atoms with Crippen molar-refractivity contribution in [3.8, 4) is 11.1 Å². The minimum atomic E-state index is -0.274. The Morgan fingerprint density at radius 2 is 1.88 bits per heavy atom. The summed E-state index contributed by atoms with van der Waals surface area (Å²) in [5.74, 6) is -0.616. The lowest BCUT2D eigenvalue weighted by molar-refractivity contribution is -0.116. The van der Waals surface area contributed by atoms with E-state index in [0.29, 0.717) is 10.6 Å². The molecule has 0 bridgehead atoms. The van der Waals surface area contributed by atoms with Gasteiger partial charge in [0.1, 0.15) is 5.82 Å². The number of benzene rings is 2. The van der Waals surface area contributed by atoms with Crippen molar-refractivity contribution in [2.24, 2.45) is 0 Å². The number of nitrogens with one attached hydrogen (secondary N) is 1. The molecule has 4 rings (SSSR count). The highest BCUT2D eigenvalue weighted by Gasteiger charge is 2.31. The third kappa shape index (κ3) is 2.62. The van der Waals surface area contributed by atoms with Gasteiger partial charge in [-0.2, -0.15) is 0 Å². The third-order valence-electron chi connectivity index (χ3n) is 4.23. The van der Waals surface area contributed by atoms with Gasteiger partial charge in [-0.1, -0.05) is 41.9 Å². The summed E-state index contributed by atoms with van der Waals surface area (Å²) < 4.78 is 14.2. The summed E-state index contributed by atoms with van der Waals surface area (Å²) in [5.41, 5.74) is 3.28. The quantitative estimate of drug-likeness (QED) is 0.628. The Labute approximate surface area is 147 Å². The van der Waals surface area contributed by atoms with Crippen molar-refractivity contribution in [2.45, 2.75) is 12.3 Å². The average Bonchev–Trinajstić information content (AvgIpc) is 2.99. The Morgan fingerprint density at radius 3 is 2.62 bits per heavy atom. The van der Waals surface area contributed by atoms with E-state index in [1.54, 1.807) is 29.5 Å². The lowest BCUT2D eigenvalue weighted by Gasteiger charge is -2.24. The number of anilines is 1. The fourth-order valence-corrected chi connectivity index (χ4v) is 4.36. The number of carbonyl (C=O) groups is 1. The SMILES string of the molecule is O=C1CC(c2ccccc2F)c2scc(-c3ccc(Cl)cc3)c2N1. The summed E-state index contributed by atoms with van der Waals surface area (Å²) in [6.45, 7) is 0. The summed E-state index contributed by atoms with van der Waals surface area (Å²) in [4.78, 5) is 13.2. The van der Waals surface area contributed by atoms with Gasteiger partial charge in [0, 0.05) is 33.2 Å². The molecular formula is C19H13ClFNOS. The van der Waals surface area contributed by atoms with Crippen LogP contribution in [0.15, 0.2) is 53.9 Å². The summed E-state index contributed by atoms with van der Waals surface area (Å²) in [6.07, 6.45) is 0.258. The zero-order valence-corrected chi connectivity index (χ0v) is 14.1. The summed E-state index contributed by atoms with van der Waals surface area (Å²) >= 11 is 7.50. The van der Waals surface area contributed by atoms with E-state index in [9.17, 15) is 9.18 Å². The van der Waals surface area contributed by atoms with Gasteiger partial charge in [0.2, 0.25) is 5.91 Å². The van der Waals surface area contributed by atoms with Crippen LogP contribution in [-0.2, 0) is 4.79 Å². The summed E-state index contributed by atoms with van der Waals surface area (Å²) in [7, 11) is 0. The number of carbonyl (C=O) groups excluding carboxylic acids is 1. The Balaban J connectivity index is 1.83. The average molecular weight is 358 g/mol. The van der Waals surface area contributed by atoms with E-state index in [4.69, 9.17) is 11.6 Å². The van der Waals surface area contributed by atoms with Crippen LogP contribution in [0.2, 0.25) is 5.02 Å². The predicted molar refractivity (Wildman–Crippen MR) is 96.3 cm³/mol. The topological polar surface area (TPSA) is 29.1 Å². The van der Waals surface area contributed by atoms with Gasteiger partial charge in [0.15, 0.2) is 0 Å². The number of hydrogen-bond donors (Lipinski definition) is 1. The molecule has 1 N–H and O–H groups in total. The highest BCUT2D eigenvalue weighted by atomic mass is 35.5. The van der Waals surface area contributed by atoms with Gasteiger partial charge in [-0.05, 0) is 29.3 Å². The zero-order valence-electron chi connectivity index (χ0n) is 12.6. The standard InChI is InChI=1S/C19H13ClFNOS/c20-12-7-5-11(6-8-12)15-10-24-19-14(9-17(23)22-18(15)19)13-3-1-2-4-16(13)21/h1-8,10,14H,9H2,(H,22,23). The molecule has 1 aliphatic heterocycles. The second-order valence-corrected chi connectivity index (χ2v) is 7.07. The molecule has 5 heteroatoms. The number of rotatable bonds is 2. The molecule has 1 atom stereocenters. The van der Waals surface area contributed by atoms with Gasteiger partial charge in [0.05, 0.1) is 5.69 Å². The van der Waals surface area contributed by atoms with E-state index in [-0.39, 0.29) is 24.1 Å². The first-order valence-corrected chi connectivity index (χ1v) is 8.81. The van der Waals surface area contributed by atoms with Crippen LogP contribution in [-0.4, -0.2) is 5.91 Å². The Bertz CT molecular complexity index is 919. The van der Waals surface area contributed by atoms with Crippen molar-refractivity contribution in [3.63, 3.8) is 0 Å². The number of amides is 1. The van der Waals surface area contributed by atoms with Crippen LogP contribution in [0, 0.1) is 5.82 Å². The number of fused-ring (bicyclic) bond motifs is 1. The maximum Gasteiger partial charge on any atom is 0.225 e. The van der Waals surface area contributed by atoms with Gasteiger partial charge >= 0.3 is 0 Å². The number of thiophene rings is 1. The molecule has 2 nitrogen and oxygen atoms in total. The van der Waals surface area contributed by atoms with Crippen LogP contribution in [0.4, 0.5) is 10.1 Å². The van der Waals surface area contributed by atoms with E-state index < -0.39 is 0 Å². The second-order valence-electron chi connectivity index (χ2n) is 5.72. The molecule has 1 unspecified atom stereocenters. The first-order valence-electron chi connectivity index (χ1n) is 7.55. The monoisotopic (exact) mass is 357 g/mol. The number of halogens is 2. The lowest BCUT2D eigenvalue weighted by Crippen LogP contribution is -2.23. The fourth-order valence-electron chi connectivity index (χ4n) is 3.08. The normalized spacial score (nSPS) is 16.6. The molecule has 120 valence electrons. The number of hydrogen-bond acceptors (Lipinski definition) is 2. The fraction of sp³-hybridized carbons (Fsp3) is 0.105. The first-order chi connectivity index (χ1) is 11.6. The van der Waals surface area contributed by atoms with Crippen LogP contribution in [0.1, 0.15) is 22.8 Å². The van der Waals surface area contributed by atoms with Crippen LogP contribution in [0.5, 0.6) is 0 Å². The Hall–Kier alpha value is -2.17. The molecule has 1 aliphatic rings. The van der Waals surface area contributed by atoms with Gasteiger partial charge in [-0.25, -0.2) is 4.39 Å². The van der Waals surface area contributed by atoms with Crippen LogP contribution < -0.4 is 5.32 Å². The van der Waals surface area contributed by atoms with E-state index in [1.165, 1.54) is 6.07 Å².